The van der Waals surface area contributed by atoms with Crippen molar-refractivity contribution in [1.29, 1.82) is 0 Å². The van der Waals surface area contributed by atoms with Gasteiger partial charge in [0.05, 0.1) is 5.70 Å². The molecule has 0 radical (unpaired) electrons. The largest absolute Gasteiger partial charge is 0.155 e. The van der Waals surface area contributed by atoms with Crippen molar-refractivity contribution >= 4 is 16.7 Å². The predicted octanol–water partition coefficient (Wildman–Crippen LogP) is 3.26. The number of rotatable bonds is 2. The van der Waals surface area contributed by atoms with Crippen molar-refractivity contribution in [3.05, 3.63) is 42.0 Å². The van der Waals surface area contributed by atoms with Crippen molar-refractivity contribution < 1.29 is 0 Å². The Balaban J connectivity index is 2.40. The zero-order valence-electron chi connectivity index (χ0n) is 9.81. The van der Waals surface area contributed by atoms with Crippen molar-refractivity contribution in [2.24, 2.45) is 0 Å². The third-order valence-corrected chi connectivity index (χ3v) is 2.26. The van der Waals surface area contributed by atoms with Gasteiger partial charge in [0.25, 0.3) is 0 Å². The van der Waals surface area contributed by atoms with Gasteiger partial charge in [-0.25, -0.2) is 0 Å². The van der Waals surface area contributed by atoms with Crippen molar-refractivity contribution in [2.45, 2.75) is 20.8 Å². The van der Waals surface area contributed by atoms with E-state index < -0.39 is 0 Å². The first-order chi connectivity index (χ1) is 7.66. The third-order valence-electron chi connectivity index (χ3n) is 2.26. The lowest BCUT2D eigenvalue weighted by atomic mass is 10.3. The number of allylic oxidation sites excluding steroid dienone is 4. The van der Waals surface area contributed by atoms with Gasteiger partial charge in [-0.1, -0.05) is 23.8 Å². The van der Waals surface area contributed by atoms with E-state index in [1.54, 1.807) is 4.80 Å². The fourth-order valence-corrected chi connectivity index (χ4v) is 1.37. The molecule has 0 bridgehead atoms. The number of fused-ring (bicyclic) bond motifs is 1. The van der Waals surface area contributed by atoms with Gasteiger partial charge >= 0.3 is 0 Å². The minimum Gasteiger partial charge on any atom is -0.155 e. The van der Waals surface area contributed by atoms with E-state index in [1.807, 2.05) is 37.3 Å². The molecular weight excluding hydrogens is 198 g/mol. The average Bonchev–Trinajstić information content (AvgIpc) is 2.69. The van der Waals surface area contributed by atoms with Crippen LogP contribution in [-0.4, -0.2) is 15.0 Å². The lowest BCUT2D eigenvalue weighted by Gasteiger charge is -1.96. The summed E-state index contributed by atoms with van der Waals surface area (Å²) in [7, 11) is 0. The highest BCUT2D eigenvalue weighted by Gasteiger charge is 2.01. The van der Waals surface area contributed by atoms with E-state index in [0.29, 0.717) is 0 Å². The summed E-state index contributed by atoms with van der Waals surface area (Å²) < 4.78 is 0. The van der Waals surface area contributed by atoms with E-state index in [2.05, 4.69) is 30.1 Å². The Morgan fingerprint density at radius 2 is 1.56 bits per heavy atom. The molecule has 0 saturated heterocycles. The van der Waals surface area contributed by atoms with Gasteiger partial charge in [-0.2, -0.15) is 4.80 Å². The number of hydrogen-bond donors (Lipinski definition) is 0. The molecule has 3 nitrogen and oxygen atoms in total. The quantitative estimate of drug-likeness (QED) is 0.717. The highest BCUT2D eigenvalue weighted by Crippen LogP contribution is 2.10. The Bertz CT molecular complexity index is 524. The van der Waals surface area contributed by atoms with E-state index in [-0.39, 0.29) is 0 Å². The highest BCUT2D eigenvalue weighted by molar-refractivity contribution is 5.73. The van der Waals surface area contributed by atoms with E-state index in [0.717, 1.165) is 16.7 Å². The summed E-state index contributed by atoms with van der Waals surface area (Å²) in [6.07, 6.45) is 4.08. The van der Waals surface area contributed by atoms with Crippen LogP contribution in [0.4, 0.5) is 0 Å². The summed E-state index contributed by atoms with van der Waals surface area (Å²) in [6.45, 7) is 6.13. The molecule has 0 saturated carbocycles. The van der Waals surface area contributed by atoms with Crippen molar-refractivity contribution in [3.63, 3.8) is 0 Å². The molecule has 0 atom stereocenters. The lowest BCUT2D eigenvalue weighted by molar-refractivity contribution is 0.779. The minimum atomic E-state index is 0.924. The second-order valence-corrected chi connectivity index (χ2v) is 4.03. The molecule has 0 unspecified atom stereocenters. The van der Waals surface area contributed by atoms with Gasteiger partial charge in [0.1, 0.15) is 11.0 Å². The molecule has 1 aromatic heterocycles. The molecule has 82 valence electrons. The SMILES string of the molecule is CC(C)=C/C=C(\C)n1nc2ccccc2n1. The van der Waals surface area contributed by atoms with Gasteiger partial charge in [-0.3, -0.25) is 0 Å². The Labute approximate surface area is 95.1 Å². The zero-order valence-corrected chi connectivity index (χ0v) is 9.81. The van der Waals surface area contributed by atoms with Crippen LogP contribution in [0.1, 0.15) is 20.8 Å². The van der Waals surface area contributed by atoms with Crippen molar-refractivity contribution in [3.8, 4) is 0 Å². The van der Waals surface area contributed by atoms with Gasteiger partial charge < -0.3 is 0 Å². The second kappa shape index (κ2) is 4.31. The van der Waals surface area contributed by atoms with E-state index in [4.69, 9.17) is 0 Å². The molecule has 2 aromatic rings. The Kier molecular flexibility index (Phi) is 2.86. The predicted molar refractivity (Wildman–Crippen MR) is 66.9 cm³/mol. The van der Waals surface area contributed by atoms with E-state index in [1.165, 1.54) is 5.57 Å². The average molecular weight is 213 g/mol. The number of nitrogens with zero attached hydrogens (tertiary/aromatic N) is 3. The summed E-state index contributed by atoms with van der Waals surface area (Å²) in [5, 5.41) is 8.80. The normalized spacial score (nSPS) is 11.8. The van der Waals surface area contributed by atoms with Crippen molar-refractivity contribution in [2.75, 3.05) is 0 Å². The van der Waals surface area contributed by atoms with Crippen LogP contribution >= 0.6 is 0 Å². The minimum absolute atomic E-state index is 0.924. The molecule has 0 fully saturated rings. The van der Waals surface area contributed by atoms with Crippen LogP contribution < -0.4 is 0 Å². The first-order valence-electron chi connectivity index (χ1n) is 5.31. The van der Waals surface area contributed by atoms with Crippen molar-refractivity contribution in [1.82, 2.24) is 15.0 Å². The maximum absolute atomic E-state index is 4.40. The lowest BCUT2D eigenvalue weighted by Crippen LogP contribution is -1.97. The van der Waals surface area contributed by atoms with Crippen LogP contribution in [0, 0.1) is 0 Å². The Morgan fingerprint density at radius 3 is 2.06 bits per heavy atom. The first kappa shape index (κ1) is 10.6. The molecule has 0 amide bonds. The molecular formula is C13H15N3. The van der Waals surface area contributed by atoms with Gasteiger partial charge in [-0.15, -0.1) is 10.2 Å². The fraction of sp³-hybridized carbons (Fsp3) is 0.231. The van der Waals surface area contributed by atoms with Crippen LogP contribution in [0.15, 0.2) is 42.0 Å². The monoisotopic (exact) mass is 213 g/mol. The van der Waals surface area contributed by atoms with Crippen LogP contribution in [0.2, 0.25) is 0 Å². The smallest absolute Gasteiger partial charge is 0.113 e. The van der Waals surface area contributed by atoms with Gasteiger partial charge in [0, 0.05) is 0 Å². The van der Waals surface area contributed by atoms with E-state index in [9.17, 15) is 0 Å². The summed E-state index contributed by atoms with van der Waals surface area (Å²) in [4.78, 5) is 1.67. The molecule has 1 aromatic carbocycles. The Hall–Kier alpha value is -1.90. The standard InChI is InChI=1S/C13H15N3/c1-10(2)8-9-11(3)16-14-12-6-4-5-7-13(12)15-16/h4-9H,1-3H3/b11-9+. The molecule has 16 heavy (non-hydrogen) atoms. The molecule has 1 heterocycles. The van der Waals surface area contributed by atoms with Crippen LogP contribution in [0.3, 0.4) is 0 Å². The van der Waals surface area contributed by atoms with Crippen LogP contribution in [-0.2, 0) is 0 Å². The summed E-state index contributed by atoms with van der Waals surface area (Å²) in [5.74, 6) is 0. The van der Waals surface area contributed by atoms with Gasteiger partial charge in [0.15, 0.2) is 0 Å². The third kappa shape index (κ3) is 2.19. The first-order valence-corrected chi connectivity index (χ1v) is 5.31. The van der Waals surface area contributed by atoms with Gasteiger partial charge in [0.2, 0.25) is 0 Å². The number of aromatic nitrogens is 3. The maximum Gasteiger partial charge on any atom is 0.113 e. The molecule has 0 aliphatic rings. The van der Waals surface area contributed by atoms with E-state index >= 15 is 0 Å². The van der Waals surface area contributed by atoms with Crippen LogP contribution in [0.5, 0.6) is 0 Å². The zero-order chi connectivity index (χ0) is 11.5. The molecule has 0 spiro atoms. The second-order valence-electron chi connectivity index (χ2n) is 4.03. The van der Waals surface area contributed by atoms with Gasteiger partial charge in [-0.05, 0) is 39.0 Å². The highest BCUT2D eigenvalue weighted by atomic mass is 15.5. The molecule has 3 heteroatoms. The summed E-state index contributed by atoms with van der Waals surface area (Å²) >= 11 is 0. The molecule has 2 rings (SSSR count). The number of benzene rings is 1. The van der Waals surface area contributed by atoms with Crippen LogP contribution in [0.25, 0.3) is 16.7 Å². The Morgan fingerprint density at radius 1 is 1.00 bits per heavy atom. The molecule has 0 aliphatic carbocycles. The maximum atomic E-state index is 4.40. The number of hydrogen-bond acceptors (Lipinski definition) is 2. The molecule has 0 aliphatic heterocycles. The summed E-state index contributed by atoms with van der Waals surface area (Å²) in [6, 6.07) is 7.87. The summed E-state index contributed by atoms with van der Waals surface area (Å²) in [5.41, 5.74) is 4.12. The fourth-order valence-electron chi connectivity index (χ4n) is 1.37. The topological polar surface area (TPSA) is 30.7 Å². The molecule has 0 N–H and O–H groups in total.